The number of hydrogen-bond acceptors (Lipinski definition) is 3. The van der Waals surface area contributed by atoms with Crippen LogP contribution in [0.25, 0.3) is 17.1 Å². The minimum absolute atomic E-state index is 0.0374. The Morgan fingerprint density at radius 1 is 0.963 bits per heavy atom. The Bertz CT molecular complexity index is 940. The number of fused-ring (bicyclic) bond motifs is 1. The second-order valence-electron chi connectivity index (χ2n) is 7.18. The molecule has 1 aliphatic rings. The summed E-state index contributed by atoms with van der Waals surface area (Å²) in [6.07, 6.45) is 4.45. The number of rotatable bonds is 5. The van der Waals surface area contributed by atoms with E-state index in [0.717, 1.165) is 30.1 Å². The van der Waals surface area contributed by atoms with Gasteiger partial charge in [0.05, 0.1) is 12.3 Å². The van der Waals surface area contributed by atoms with Crippen LogP contribution in [0.5, 0.6) is 5.75 Å². The Morgan fingerprint density at radius 3 is 2.44 bits per heavy atom. The molecule has 0 saturated carbocycles. The average Bonchev–Trinajstić information content (AvgIpc) is 3.04. The van der Waals surface area contributed by atoms with Crippen LogP contribution in [0.2, 0.25) is 0 Å². The number of pyridine rings is 1. The molecule has 140 valence electrons. The highest BCUT2D eigenvalue weighted by molar-refractivity contribution is 5.69. The van der Waals surface area contributed by atoms with Crippen molar-refractivity contribution < 1.29 is 9.84 Å². The van der Waals surface area contributed by atoms with E-state index in [2.05, 4.69) is 54.8 Å². The minimum atomic E-state index is 0.0374. The molecule has 0 spiro atoms. The van der Waals surface area contributed by atoms with E-state index in [9.17, 15) is 0 Å². The fourth-order valence-electron chi connectivity index (χ4n) is 4.09. The average molecular weight is 362 g/mol. The van der Waals surface area contributed by atoms with E-state index in [1.807, 2.05) is 6.07 Å². The van der Waals surface area contributed by atoms with E-state index in [4.69, 9.17) is 14.8 Å². The summed E-state index contributed by atoms with van der Waals surface area (Å²) in [7, 11) is 0. The first-order valence-corrected chi connectivity index (χ1v) is 9.70. The van der Waals surface area contributed by atoms with Crippen LogP contribution >= 0.6 is 0 Å². The van der Waals surface area contributed by atoms with Crippen molar-refractivity contribution in [2.75, 3.05) is 13.2 Å². The van der Waals surface area contributed by atoms with E-state index in [0.29, 0.717) is 6.61 Å². The zero-order valence-electron chi connectivity index (χ0n) is 16.0. The maximum atomic E-state index is 9.09. The summed E-state index contributed by atoms with van der Waals surface area (Å²) in [5, 5.41) is 9.09. The topological polar surface area (TPSA) is 47.3 Å². The van der Waals surface area contributed by atoms with E-state index < -0.39 is 0 Å². The van der Waals surface area contributed by atoms with Crippen molar-refractivity contribution in [3.8, 4) is 22.8 Å². The Kier molecular flexibility index (Phi) is 4.99. The van der Waals surface area contributed by atoms with Crippen molar-refractivity contribution in [2.24, 2.45) is 0 Å². The summed E-state index contributed by atoms with van der Waals surface area (Å²) in [4.78, 5) is 4.99. The van der Waals surface area contributed by atoms with Crippen LogP contribution in [0.1, 0.15) is 35.4 Å². The molecule has 1 aromatic carbocycles. The second-order valence-corrected chi connectivity index (χ2v) is 7.18. The molecule has 4 heteroatoms. The molecule has 0 saturated heterocycles. The summed E-state index contributed by atoms with van der Waals surface area (Å²) in [6, 6.07) is 14.7. The Hall–Kier alpha value is -2.59. The monoisotopic (exact) mass is 362 g/mol. The molecule has 0 unspecified atom stereocenters. The van der Waals surface area contributed by atoms with Crippen LogP contribution in [0.15, 0.2) is 42.5 Å². The van der Waals surface area contributed by atoms with Gasteiger partial charge in [0.15, 0.2) is 0 Å². The van der Waals surface area contributed by atoms with Gasteiger partial charge in [-0.05, 0) is 87.1 Å². The number of nitrogens with zero attached hydrogens (tertiary/aromatic N) is 2. The molecule has 2 heterocycles. The molecule has 0 atom stereocenters. The lowest BCUT2D eigenvalue weighted by molar-refractivity contribution is 0.200. The number of aryl methyl sites for hydroxylation is 2. The molecule has 0 fully saturated rings. The number of ether oxygens (including phenoxy) is 1. The van der Waals surface area contributed by atoms with Gasteiger partial charge in [0.25, 0.3) is 0 Å². The summed E-state index contributed by atoms with van der Waals surface area (Å²) in [5.41, 5.74) is 7.21. The van der Waals surface area contributed by atoms with Crippen LogP contribution in [-0.2, 0) is 12.8 Å². The molecule has 1 aliphatic carbocycles. The van der Waals surface area contributed by atoms with E-state index in [-0.39, 0.29) is 6.61 Å². The number of aliphatic hydroxyl groups excluding tert-OH is 1. The van der Waals surface area contributed by atoms with Crippen molar-refractivity contribution in [1.29, 1.82) is 0 Å². The van der Waals surface area contributed by atoms with Crippen molar-refractivity contribution in [1.82, 2.24) is 9.55 Å². The predicted molar refractivity (Wildman–Crippen MR) is 108 cm³/mol. The number of benzene rings is 1. The SMILES string of the molecule is Cc1ccc(C)n1-c1cccc(-c2ccc(OCCO)c3c2CCCC3)n1. The maximum Gasteiger partial charge on any atom is 0.137 e. The van der Waals surface area contributed by atoms with Crippen LogP contribution < -0.4 is 4.74 Å². The van der Waals surface area contributed by atoms with Gasteiger partial charge < -0.3 is 14.4 Å². The third-order valence-corrected chi connectivity index (χ3v) is 5.35. The lowest BCUT2D eigenvalue weighted by atomic mass is 9.86. The highest BCUT2D eigenvalue weighted by atomic mass is 16.5. The molecule has 0 bridgehead atoms. The quantitative estimate of drug-likeness (QED) is 0.731. The van der Waals surface area contributed by atoms with Gasteiger partial charge in [-0.2, -0.15) is 0 Å². The number of aliphatic hydroxyl groups is 1. The van der Waals surface area contributed by atoms with E-state index >= 15 is 0 Å². The molecule has 3 aromatic rings. The molecule has 0 amide bonds. The largest absolute Gasteiger partial charge is 0.491 e. The Balaban J connectivity index is 1.79. The van der Waals surface area contributed by atoms with Gasteiger partial charge in [0.1, 0.15) is 18.2 Å². The molecule has 1 N–H and O–H groups in total. The third kappa shape index (κ3) is 3.37. The van der Waals surface area contributed by atoms with Crippen molar-refractivity contribution in [3.63, 3.8) is 0 Å². The van der Waals surface area contributed by atoms with Gasteiger partial charge >= 0.3 is 0 Å². The highest BCUT2D eigenvalue weighted by Crippen LogP contribution is 2.36. The molecule has 4 rings (SSSR count). The fourth-order valence-corrected chi connectivity index (χ4v) is 4.09. The molecule has 2 aromatic heterocycles. The van der Waals surface area contributed by atoms with Gasteiger partial charge in [-0.3, -0.25) is 0 Å². The summed E-state index contributed by atoms with van der Waals surface area (Å²) in [6.45, 7) is 4.59. The molecular formula is C23H26N2O2. The first-order chi connectivity index (χ1) is 13.2. The fraction of sp³-hybridized carbons (Fsp3) is 0.348. The van der Waals surface area contributed by atoms with Crippen LogP contribution in [0, 0.1) is 13.8 Å². The summed E-state index contributed by atoms with van der Waals surface area (Å²) >= 11 is 0. The normalized spacial score (nSPS) is 13.4. The van der Waals surface area contributed by atoms with Crippen LogP contribution in [-0.4, -0.2) is 27.9 Å². The smallest absolute Gasteiger partial charge is 0.137 e. The van der Waals surface area contributed by atoms with Gasteiger partial charge in [0, 0.05) is 17.0 Å². The molecule has 0 aliphatic heterocycles. The van der Waals surface area contributed by atoms with Crippen LogP contribution in [0.4, 0.5) is 0 Å². The molecular weight excluding hydrogens is 336 g/mol. The van der Waals surface area contributed by atoms with Gasteiger partial charge in [0.2, 0.25) is 0 Å². The van der Waals surface area contributed by atoms with Crippen molar-refractivity contribution in [2.45, 2.75) is 39.5 Å². The minimum Gasteiger partial charge on any atom is -0.491 e. The van der Waals surface area contributed by atoms with Gasteiger partial charge in [-0.1, -0.05) is 6.07 Å². The standard InChI is InChI=1S/C23H26N2O2/c1-16-10-11-17(2)25(16)23-9-5-8-21(24-23)19-12-13-22(27-15-14-26)20-7-4-3-6-18(19)20/h5,8-13,26H,3-4,6-7,14-15H2,1-2H3. The molecule has 27 heavy (non-hydrogen) atoms. The van der Waals surface area contributed by atoms with Crippen molar-refractivity contribution in [3.05, 3.63) is 65.0 Å². The van der Waals surface area contributed by atoms with Crippen molar-refractivity contribution >= 4 is 0 Å². The Labute approximate surface area is 160 Å². The van der Waals surface area contributed by atoms with Crippen LogP contribution in [0.3, 0.4) is 0 Å². The lowest BCUT2D eigenvalue weighted by Gasteiger charge is -2.23. The van der Waals surface area contributed by atoms with Gasteiger partial charge in [-0.25, -0.2) is 4.98 Å². The number of aromatic nitrogens is 2. The summed E-state index contributed by atoms with van der Waals surface area (Å²) in [5.74, 6) is 1.87. The predicted octanol–water partition coefficient (Wildman–Crippen LogP) is 4.41. The lowest BCUT2D eigenvalue weighted by Crippen LogP contribution is -2.10. The van der Waals surface area contributed by atoms with E-state index in [1.54, 1.807) is 0 Å². The highest BCUT2D eigenvalue weighted by Gasteiger charge is 2.20. The van der Waals surface area contributed by atoms with Gasteiger partial charge in [-0.15, -0.1) is 0 Å². The first kappa shape index (κ1) is 17.8. The molecule has 4 nitrogen and oxygen atoms in total. The zero-order valence-corrected chi connectivity index (χ0v) is 16.0. The first-order valence-electron chi connectivity index (χ1n) is 9.70. The summed E-state index contributed by atoms with van der Waals surface area (Å²) < 4.78 is 7.97. The molecule has 0 radical (unpaired) electrons. The third-order valence-electron chi connectivity index (χ3n) is 5.35. The zero-order chi connectivity index (χ0) is 18.8. The van der Waals surface area contributed by atoms with E-state index in [1.165, 1.54) is 40.9 Å². The maximum absolute atomic E-state index is 9.09. The Morgan fingerprint density at radius 2 is 1.70 bits per heavy atom. The second kappa shape index (κ2) is 7.57. The number of hydrogen-bond donors (Lipinski definition) is 1.